The molecule has 0 radical (unpaired) electrons. The lowest BCUT2D eigenvalue weighted by molar-refractivity contribution is 0.190. The molecule has 3 N–H and O–H groups in total. The van der Waals surface area contributed by atoms with Crippen LogP contribution in [0.4, 0.5) is 23.8 Å². The van der Waals surface area contributed by atoms with Crippen LogP contribution in [0.1, 0.15) is 18.4 Å². The predicted octanol–water partition coefficient (Wildman–Crippen LogP) is 4.32. The molecule has 3 heterocycles. The first-order chi connectivity index (χ1) is 16.9. The topological polar surface area (TPSA) is 95.2 Å². The van der Waals surface area contributed by atoms with Crippen molar-refractivity contribution in [1.82, 2.24) is 25.2 Å². The van der Waals surface area contributed by atoms with E-state index in [4.69, 9.17) is 4.74 Å². The second-order valence-electron chi connectivity index (χ2n) is 8.49. The lowest BCUT2D eigenvalue weighted by Gasteiger charge is -2.32. The Morgan fingerprint density at radius 3 is 2.54 bits per heavy atom. The molecule has 0 saturated carbocycles. The van der Waals surface area contributed by atoms with Gasteiger partial charge in [-0.15, -0.1) is 0 Å². The second-order valence-corrected chi connectivity index (χ2v) is 8.49. The number of urea groups is 1. The number of hydrogen-bond donors (Lipinski definition) is 3. The molecule has 8 nitrogen and oxygen atoms in total. The summed E-state index contributed by atoms with van der Waals surface area (Å²) in [7, 11) is 1.34. The number of fused-ring (bicyclic) bond motifs is 2. The zero-order valence-corrected chi connectivity index (χ0v) is 18.9. The van der Waals surface area contributed by atoms with Crippen LogP contribution in [0, 0.1) is 17.5 Å². The maximum Gasteiger partial charge on any atom is 0.320 e. The number of piperidine rings is 1. The third kappa shape index (κ3) is 4.85. The number of H-pyrrole nitrogens is 1. The van der Waals surface area contributed by atoms with Crippen molar-refractivity contribution >= 4 is 33.8 Å². The summed E-state index contributed by atoms with van der Waals surface area (Å²) in [4.78, 5) is 26.3. The first kappa shape index (κ1) is 22.9. The van der Waals surface area contributed by atoms with E-state index in [1.165, 1.54) is 19.2 Å². The summed E-state index contributed by atoms with van der Waals surface area (Å²) < 4.78 is 45.9. The van der Waals surface area contributed by atoms with E-state index in [0.29, 0.717) is 6.54 Å². The van der Waals surface area contributed by atoms with Crippen LogP contribution in [0.25, 0.3) is 21.9 Å². The molecule has 1 fully saturated rings. The van der Waals surface area contributed by atoms with E-state index in [0.717, 1.165) is 54.5 Å². The van der Waals surface area contributed by atoms with Gasteiger partial charge in [-0.3, -0.25) is 10.2 Å². The molecule has 182 valence electrons. The van der Waals surface area contributed by atoms with Crippen molar-refractivity contribution in [1.29, 1.82) is 0 Å². The Labute approximate surface area is 198 Å². The van der Waals surface area contributed by atoms with E-state index in [2.05, 4.69) is 30.5 Å². The fourth-order valence-electron chi connectivity index (χ4n) is 4.35. The van der Waals surface area contributed by atoms with Gasteiger partial charge in [-0.2, -0.15) is 0 Å². The molecule has 35 heavy (non-hydrogen) atoms. The number of halogens is 3. The standard InChI is InChI=1S/C24H23F3N6O2/c1-35-23-22(30-20-9-17(26)18(27)10-21(20)31-23)32-24(34)29-15-4-6-33(7-5-15)12-13-11-28-19-3-2-14(25)8-16(13)19/h2-3,8-11,15,28H,4-7,12H2,1H3,(H2,29,30,32,34). The Morgan fingerprint density at radius 2 is 1.83 bits per heavy atom. The molecule has 1 saturated heterocycles. The minimum absolute atomic E-state index is 0.00696. The number of methoxy groups -OCH3 is 1. The first-order valence-electron chi connectivity index (χ1n) is 11.2. The summed E-state index contributed by atoms with van der Waals surface area (Å²) in [5, 5.41) is 6.38. The number of likely N-dealkylation sites (tertiary alicyclic amines) is 1. The number of ether oxygens (including phenoxy) is 1. The van der Waals surface area contributed by atoms with Crippen LogP contribution >= 0.6 is 0 Å². The van der Waals surface area contributed by atoms with Crippen LogP contribution in [-0.4, -0.2) is 52.1 Å². The average Bonchev–Trinajstić information content (AvgIpc) is 3.22. The van der Waals surface area contributed by atoms with Gasteiger partial charge in [0.25, 0.3) is 5.88 Å². The molecule has 2 aromatic heterocycles. The Bertz CT molecular complexity index is 1400. The number of nitrogens with zero attached hydrogens (tertiary/aromatic N) is 3. The van der Waals surface area contributed by atoms with E-state index in [1.54, 1.807) is 6.07 Å². The van der Waals surface area contributed by atoms with Gasteiger partial charge in [-0.25, -0.2) is 27.9 Å². The smallest absolute Gasteiger partial charge is 0.320 e. The Morgan fingerprint density at radius 1 is 1.11 bits per heavy atom. The highest BCUT2D eigenvalue weighted by molar-refractivity contribution is 5.91. The number of hydrogen-bond acceptors (Lipinski definition) is 5. The number of nitrogens with one attached hydrogen (secondary N) is 3. The van der Waals surface area contributed by atoms with Crippen molar-refractivity contribution in [3.63, 3.8) is 0 Å². The molecular weight excluding hydrogens is 461 g/mol. The van der Waals surface area contributed by atoms with Gasteiger partial charge in [0.2, 0.25) is 0 Å². The Hall–Kier alpha value is -3.86. The summed E-state index contributed by atoms with van der Waals surface area (Å²) in [5.41, 5.74) is 2.12. The molecular formula is C24H23F3N6O2. The van der Waals surface area contributed by atoms with Crippen molar-refractivity contribution in [3.05, 3.63) is 59.5 Å². The molecule has 1 aliphatic heterocycles. The van der Waals surface area contributed by atoms with Crippen LogP contribution < -0.4 is 15.4 Å². The molecule has 2 aromatic carbocycles. The number of carbonyl (C=O) groups excluding carboxylic acids is 1. The second kappa shape index (κ2) is 9.41. The minimum atomic E-state index is -1.06. The summed E-state index contributed by atoms with van der Waals surface area (Å²) in [6, 6.07) is 5.98. The number of aromatic nitrogens is 3. The monoisotopic (exact) mass is 484 g/mol. The predicted molar refractivity (Wildman–Crippen MR) is 125 cm³/mol. The van der Waals surface area contributed by atoms with Crippen LogP contribution in [0.5, 0.6) is 5.88 Å². The Balaban J connectivity index is 1.19. The number of rotatable bonds is 5. The number of benzene rings is 2. The maximum atomic E-state index is 13.6. The summed E-state index contributed by atoms with van der Waals surface area (Å²) in [6.45, 7) is 2.21. The van der Waals surface area contributed by atoms with Crippen molar-refractivity contribution in [2.24, 2.45) is 0 Å². The third-order valence-corrected chi connectivity index (χ3v) is 6.15. The van der Waals surface area contributed by atoms with Gasteiger partial charge in [0.1, 0.15) is 5.82 Å². The Kier molecular flexibility index (Phi) is 6.16. The summed E-state index contributed by atoms with van der Waals surface area (Å²) in [5.74, 6) is -2.37. The lowest BCUT2D eigenvalue weighted by Crippen LogP contribution is -2.45. The van der Waals surface area contributed by atoms with Gasteiger partial charge in [-0.1, -0.05) is 0 Å². The van der Waals surface area contributed by atoms with Crippen molar-refractivity contribution in [2.75, 3.05) is 25.5 Å². The first-order valence-corrected chi connectivity index (χ1v) is 11.2. The zero-order valence-electron chi connectivity index (χ0n) is 18.9. The zero-order chi connectivity index (χ0) is 24.5. The lowest BCUT2D eigenvalue weighted by atomic mass is 10.0. The molecule has 0 atom stereocenters. The van der Waals surface area contributed by atoms with Gasteiger partial charge >= 0.3 is 6.03 Å². The van der Waals surface area contributed by atoms with Gasteiger partial charge in [0.15, 0.2) is 17.5 Å². The molecule has 11 heteroatoms. The van der Waals surface area contributed by atoms with Gasteiger partial charge in [0.05, 0.1) is 18.1 Å². The van der Waals surface area contributed by atoms with Crippen LogP contribution in [0.2, 0.25) is 0 Å². The van der Waals surface area contributed by atoms with Gasteiger partial charge in [-0.05, 0) is 36.6 Å². The van der Waals surface area contributed by atoms with Crippen molar-refractivity contribution in [3.8, 4) is 5.88 Å². The van der Waals surface area contributed by atoms with E-state index in [9.17, 15) is 18.0 Å². The van der Waals surface area contributed by atoms with E-state index >= 15 is 0 Å². The van der Waals surface area contributed by atoms with E-state index in [1.807, 2.05) is 6.20 Å². The highest BCUT2D eigenvalue weighted by Gasteiger charge is 2.23. The van der Waals surface area contributed by atoms with E-state index < -0.39 is 17.7 Å². The molecule has 1 aliphatic rings. The quantitative estimate of drug-likeness (QED) is 0.392. The van der Waals surface area contributed by atoms with Crippen molar-refractivity contribution < 1.29 is 22.7 Å². The SMILES string of the molecule is COc1nc2cc(F)c(F)cc2nc1NC(=O)NC1CCN(Cc2c[nH]c3ccc(F)cc23)CC1. The summed E-state index contributed by atoms with van der Waals surface area (Å²) >= 11 is 0. The molecule has 0 spiro atoms. The third-order valence-electron chi connectivity index (χ3n) is 6.15. The van der Waals surface area contributed by atoms with Crippen LogP contribution in [0.3, 0.4) is 0 Å². The number of amides is 2. The fourth-order valence-corrected chi connectivity index (χ4v) is 4.35. The highest BCUT2D eigenvalue weighted by Crippen LogP contribution is 2.25. The molecule has 5 rings (SSSR count). The highest BCUT2D eigenvalue weighted by atomic mass is 19.2. The molecule has 2 amide bonds. The number of anilines is 1. The summed E-state index contributed by atoms with van der Waals surface area (Å²) in [6.07, 6.45) is 3.37. The number of aromatic amines is 1. The van der Waals surface area contributed by atoms with Gasteiger partial charge in [0, 0.05) is 54.9 Å². The molecule has 0 unspecified atom stereocenters. The van der Waals surface area contributed by atoms with Crippen LogP contribution in [0.15, 0.2) is 36.5 Å². The normalized spacial score (nSPS) is 15.0. The number of carbonyl (C=O) groups is 1. The molecule has 0 bridgehead atoms. The van der Waals surface area contributed by atoms with Crippen molar-refractivity contribution in [2.45, 2.75) is 25.4 Å². The fraction of sp³-hybridized carbons (Fsp3) is 0.292. The molecule has 0 aliphatic carbocycles. The average molecular weight is 484 g/mol. The largest absolute Gasteiger partial charge is 0.478 e. The van der Waals surface area contributed by atoms with Crippen LogP contribution in [-0.2, 0) is 6.54 Å². The van der Waals surface area contributed by atoms with Gasteiger partial charge < -0.3 is 15.0 Å². The molecule has 4 aromatic rings. The minimum Gasteiger partial charge on any atom is -0.478 e. The van der Waals surface area contributed by atoms with E-state index in [-0.39, 0.29) is 34.6 Å². The maximum absolute atomic E-state index is 13.6.